The Morgan fingerprint density at radius 1 is 1.00 bits per heavy atom. The number of aliphatic carboxylic acids is 2. The van der Waals surface area contributed by atoms with Crippen molar-refractivity contribution in [1.29, 1.82) is 0 Å². The van der Waals surface area contributed by atoms with E-state index in [1.54, 1.807) is 6.92 Å². The van der Waals surface area contributed by atoms with Crippen LogP contribution in [0.3, 0.4) is 0 Å². The molecule has 16 heavy (non-hydrogen) atoms. The Kier molecular flexibility index (Phi) is 8.78. The van der Waals surface area contributed by atoms with Gasteiger partial charge in [0.2, 0.25) is 0 Å². The summed E-state index contributed by atoms with van der Waals surface area (Å²) in [6, 6.07) is 0. The number of carboxylic acid groups (broad SMARTS) is 2. The van der Waals surface area contributed by atoms with E-state index in [4.69, 9.17) is 10.2 Å². The molecule has 6 heteroatoms. The maximum absolute atomic E-state index is 11.3. The first-order valence-electron chi connectivity index (χ1n) is 4.72. The molecule has 0 aliphatic rings. The van der Waals surface area contributed by atoms with Gasteiger partial charge >= 0.3 is 41.5 Å². The van der Waals surface area contributed by atoms with Crippen LogP contribution in [0.1, 0.15) is 39.5 Å². The largest absolute Gasteiger partial charge is 1.00 e. The normalized spacial score (nSPS) is 10.4. The molecule has 0 saturated carbocycles. The molecule has 0 amide bonds. The van der Waals surface area contributed by atoms with Crippen molar-refractivity contribution in [2.45, 2.75) is 39.5 Å². The van der Waals surface area contributed by atoms with E-state index in [-0.39, 0.29) is 61.0 Å². The van der Waals surface area contributed by atoms with E-state index in [0.29, 0.717) is 0 Å². The van der Waals surface area contributed by atoms with Gasteiger partial charge in [0.15, 0.2) is 0 Å². The van der Waals surface area contributed by atoms with Gasteiger partial charge < -0.3 is 10.2 Å². The van der Waals surface area contributed by atoms with Crippen LogP contribution < -0.4 is 29.6 Å². The van der Waals surface area contributed by atoms with Crippen LogP contribution in [-0.2, 0) is 14.4 Å². The van der Waals surface area contributed by atoms with Crippen LogP contribution >= 0.6 is 0 Å². The van der Waals surface area contributed by atoms with Crippen LogP contribution in [0.2, 0.25) is 0 Å². The second kappa shape index (κ2) is 7.81. The minimum absolute atomic E-state index is 0. The first kappa shape index (κ1) is 18.0. The van der Waals surface area contributed by atoms with E-state index in [1.165, 1.54) is 6.92 Å². The van der Waals surface area contributed by atoms with Crippen molar-refractivity contribution in [1.82, 2.24) is 0 Å². The topological polar surface area (TPSA) is 91.7 Å². The number of ketones is 1. The van der Waals surface area contributed by atoms with E-state index in [9.17, 15) is 14.4 Å². The molecule has 2 N–H and O–H groups in total. The zero-order valence-electron chi connectivity index (χ0n) is 9.95. The van der Waals surface area contributed by atoms with Gasteiger partial charge in [-0.25, -0.2) is 0 Å². The first-order chi connectivity index (χ1) is 6.78. The van der Waals surface area contributed by atoms with Gasteiger partial charge in [0, 0.05) is 18.3 Å². The van der Waals surface area contributed by atoms with E-state index in [2.05, 4.69) is 0 Å². The van der Waals surface area contributed by atoms with Gasteiger partial charge in [-0.2, -0.15) is 0 Å². The van der Waals surface area contributed by atoms with Crippen LogP contribution in [0.4, 0.5) is 0 Å². The summed E-state index contributed by atoms with van der Waals surface area (Å²) in [5, 5.41) is 17.0. The molecule has 5 nitrogen and oxygen atoms in total. The first-order valence-corrected chi connectivity index (χ1v) is 4.72. The number of rotatable bonds is 7. The predicted octanol–water partition coefficient (Wildman–Crippen LogP) is -1.68. The molecule has 0 aromatic heterocycles. The van der Waals surface area contributed by atoms with Crippen LogP contribution in [0.5, 0.6) is 0 Å². The molecule has 0 saturated heterocycles. The Morgan fingerprint density at radius 3 is 1.50 bits per heavy atom. The van der Waals surface area contributed by atoms with Gasteiger partial charge in [0.05, 0.1) is 0 Å². The Balaban J connectivity index is 0. The molecule has 0 atom stereocenters. The van der Waals surface area contributed by atoms with Crippen LogP contribution in [0.25, 0.3) is 0 Å². The molecule has 0 rings (SSSR count). The molecule has 86 valence electrons. The van der Waals surface area contributed by atoms with E-state index in [1.807, 2.05) is 0 Å². The van der Waals surface area contributed by atoms with E-state index >= 15 is 0 Å². The van der Waals surface area contributed by atoms with Crippen LogP contribution in [0.15, 0.2) is 0 Å². The number of Topliss-reactive ketones (excluding diaryl/α,β-unsaturated/α-hetero) is 1. The van der Waals surface area contributed by atoms with Crippen molar-refractivity contribution in [3.05, 3.63) is 0 Å². The van der Waals surface area contributed by atoms with Crippen molar-refractivity contribution in [3.8, 4) is 0 Å². The van der Waals surface area contributed by atoms with Crippen molar-refractivity contribution in [3.63, 3.8) is 0 Å². The molecule has 0 aromatic carbocycles. The molecular weight excluding hydrogens is 223 g/mol. The zero-order valence-corrected chi connectivity index (χ0v) is 11.9. The predicted molar refractivity (Wildman–Crippen MR) is 52.5 cm³/mol. The average molecular weight is 239 g/mol. The molecule has 0 unspecified atom stereocenters. The molecule has 0 aliphatic heterocycles. The number of hydrogen-bond donors (Lipinski definition) is 2. The molecule has 0 radical (unpaired) electrons. The number of carbonyl (C=O) groups excluding carboxylic acids is 1. The van der Waals surface area contributed by atoms with Crippen molar-refractivity contribution in [2.24, 2.45) is 5.41 Å². The Labute approximate surface area is 117 Å². The Bertz CT molecular complexity index is 256. The van der Waals surface area contributed by atoms with Gasteiger partial charge in [0.1, 0.15) is 5.78 Å². The maximum atomic E-state index is 11.3. The molecule has 0 bridgehead atoms. The third-order valence-electron chi connectivity index (χ3n) is 2.63. The van der Waals surface area contributed by atoms with Gasteiger partial charge in [-0.05, 0) is 19.8 Å². The van der Waals surface area contributed by atoms with Gasteiger partial charge in [-0.3, -0.25) is 14.4 Å². The summed E-state index contributed by atoms with van der Waals surface area (Å²) in [6.07, 6.45) is 0.140. The fourth-order valence-electron chi connectivity index (χ4n) is 1.24. The summed E-state index contributed by atoms with van der Waals surface area (Å²) in [6.45, 7) is 2.98. The minimum atomic E-state index is -0.974. The zero-order chi connectivity index (χ0) is 12.1. The summed E-state index contributed by atoms with van der Waals surface area (Å²) in [7, 11) is 0. The van der Waals surface area contributed by atoms with Crippen molar-refractivity contribution < 1.29 is 54.2 Å². The molecule has 0 spiro atoms. The van der Waals surface area contributed by atoms with E-state index < -0.39 is 17.4 Å². The molecule has 0 heterocycles. The molecule has 0 fully saturated rings. The summed E-state index contributed by atoms with van der Waals surface area (Å²) in [5.74, 6) is -2.11. The second-order valence-corrected chi connectivity index (χ2v) is 3.90. The number of carbonyl (C=O) groups is 3. The van der Waals surface area contributed by atoms with Crippen LogP contribution in [-0.4, -0.2) is 27.9 Å². The third kappa shape index (κ3) is 6.98. The molecular formula is C10H16NaO5+. The minimum Gasteiger partial charge on any atom is -0.481 e. The van der Waals surface area contributed by atoms with Gasteiger partial charge in [0.25, 0.3) is 0 Å². The standard InChI is InChI=1S/C10H16O5.Na/c1-7(11)10(2,5-3-8(12)13)6-4-9(14)15;/h3-6H2,1-2H3,(H,12,13)(H,14,15);/q;+1. The Hall–Kier alpha value is -0.390. The van der Waals surface area contributed by atoms with Crippen LogP contribution in [0, 0.1) is 5.41 Å². The fraction of sp³-hybridized carbons (Fsp3) is 0.700. The molecule has 0 aliphatic carbocycles. The summed E-state index contributed by atoms with van der Waals surface area (Å²) in [4.78, 5) is 32.1. The van der Waals surface area contributed by atoms with Gasteiger partial charge in [-0.1, -0.05) is 6.92 Å². The number of carboxylic acids is 2. The Morgan fingerprint density at radius 2 is 1.31 bits per heavy atom. The monoisotopic (exact) mass is 239 g/mol. The van der Waals surface area contributed by atoms with Crippen molar-refractivity contribution in [2.75, 3.05) is 0 Å². The second-order valence-electron chi connectivity index (χ2n) is 3.90. The SMILES string of the molecule is CC(=O)C(C)(CCC(=O)O)CCC(=O)O.[Na+]. The molecule has 0 aromatic rings. The smallest absolute Gasteiger partial charge is 0.481 e. The summed E-state index contributed by atoms with van der Waals surface area (Å²) in [5.41, 5.74) is -0.837. The number of hydrogen-bond acceptors (Lipinski definition) is 3. The maximum Gasteiger partial charge on any atom is 1.00 e. The van der Waals surface area contributed by atoms with Gasteiger partial charge in [-0.15, -0.1) is 0 Å². The average Bonchev–Trinajstić information content (AvgIpc) is 2.11. The summed E-state index contributed by atoms with van der Waals surface area (Å²) < 4.78 is 0. The third-order valence-corrected chi connectivity index (χ3v) is 2.63. The fourth-order valence-corrected chi connectivity index (χ4v) is 1.24. The van der Waals surface area contributed by atoms with Crippen molar-refractivity contribution >= 4 is 17.7 Å². The quantitative estimate of drug-likeness (QED) is 0.517. The van der Waals surface area contributed by atoms with E-state index in [0.717, 1.165) is 0 Å². The summed E-state index contributed by atoms with van der Waals surface area (Å²) >= 11 is 0.